The van der Waals surface area contributed by atoms with Gasteiger partial charge >= 0.3 is 6.18 Å². The summed E-state index contributed by atoms with van der Waals surface area (Å²) in [6.45, 7) is 0. The van der Waals surface area contributed by atoms with Crippen LogP contribution < -0.4 is 11.1 Å². The molecular weight excluding hydrogens is 390 g/mol. The Balaban J connectivity index is 1.82. The van der Waals surface area contributed by atoms with Crippen LogP contribution in [0.15, 0.2) is 54.7 Å². The molecule has 3 aromatic rings. The molecule has 3 rings (SSSR count). The Bertz CT molecular complexity index is 1070. The van der Waals surface area contributed by atoms with Gasteiger partial charge in [-0.3, -0.25) is 4.79 Å². The molecule has 0 saturated heterocycles. The van der Waals surface area contributed by atoms with Gasteiger partial charge in [-0.25, -0.2) is 9.07 Å². The van der Waals surface area contributed by atoms with Gasteiger partial charge in [0.05, 0.1) is 11.9 Å². The molecule has 0 radical (unpaired) electrons. The molecule has 6 nitrogen and oxygen atoms in total. The number of hydrogen-bond donors (Lipinski definition) is 2. The molecule has 0 aliphatic heterocycles. The van der Waals surface area contributed by atoms with E-state index in [0.717, 1.165) is 24.3 Å². The number of nitrogen functional groups attached to an aromatic ring is 1. The maximum Gasteiger partial charge on any atom is 0.412 e. The number of anilines is 1. The number of rotatable bonds is 4. The molecule has 0 aliphatic carbocycles. The molecular formula is C19H13F4N5O. The lowest BCUT2D eigenvalue weighted by molar-refractivity contribution is -0.155. The van der Waals surface area contributed by atoms with Crippen molar-refractivity contribution in [1.82, 2.24) is 15.1 Å². The van der Waals surface area contributed by atoms with Gasteiger partial charge in [-0.2, -0.15) is 23.5 Å². The Hall–Kier alpha value is -3.87. The lowest BCUT2D eigenvalue weighted by Gasteiger charge is -2.22. The van der Waals surface area contributed by atoms with E-state index in [0.29, 0.717) is 5.69 Å². The van der Waals surface area contributed by atoms with E-state index in [4.69, 9.17) is 11.0 Å². The summed E-state index contributed by atoms with van der Waals surface area (Å²) in [7, 11) is 0. The van der Waals surface area contributed by atoms with Gasteiger partial charge in [0.2, 0.25) is 0 Å². The molecule has 0 saturated carbocycles. The van der Waals surface area contributed by atoms with Crippen LogP contribution in [-0.2, 0) is 0 Å². The quantitative estimate of drug-likeness (QED) is 0.652. The number of hydrogen-bond acceptors (Lipinski definition) is 4. The van der Waals surface area contributed by atoms with Crippen molar-refractivity contribution in [3.05, 3.63) is 77.2 Å². The largest absolute Gasteiger partial charge is 0.412 e. The molecule has 0 spiro atoms. The highest BCUT2D eigenvalue weighted by Crippen LogP contribution is 2.33. The monoisotopic (exact) mass is 403 g/mol. The summed E-state index contributed by atoms with van der Waals surface area (Å²) in [6.07, 6.45) is -3.50. The topological polar surface area (TPSA) is 96.7 Å². The normalized spacial score (nSPS) is 12.2. The Morgan fingerprint density at radius 2 is 1.76 bits per heavy atom. The molecule has 2 aromatic carbocycles. The Labute approximate surface area is 162 Å². The van der Waals surface area contributed by atoms with Crippen molar-refractivity contribution in [2.75, 3.05) is 5.73 Å². The number of carbonyl (C=O) groups is 1. The number of benzene rings is 2. The van der Waals surface area contributed by atoms with Crippen LogP contribution in [0.3, 0.4) is 0 Å². The lowest BCUT2D eigenvalue weighted by atomic mass is 10.1. The SMILES string of the molecule is N#Cc1cnn(-c2ccc(C(=O)NC(c3ccc(F)cc3)C(F)(F)F)cc2)c1N. The standard InChI is InChI=1S/C19H13F4N5O/c20-14-5-1-11(2-6-14)16(19(21,22)23)27-18(29)12-3-7-15(8-4-12)28-17(25)13(9-24)10-26-28/h1-8,10,16H,25H2,(H,27,29). The average molecular weight is 403 g/mol. The van der Waals surface area contributed by atoms with E-state index >= 15 is 0 Å². The maximum absolute atomic E-state index is 13.4. The van der Waals surface area contributed by atoms with E-state index in [1.165, 1.54) is 35.1 Å². The van der Waals surface area contributed by atoms with Gasteiger partial charge in [0.15, 0.2) is 6.04 Å². The molecule has 148 valence electrons. The average Bonchev–Trinajstić information content (AvgIpc) is 3.06. The first-order valence-electron chi connectivity index (χ1n) is 8.18. The molecule has 10 heteroatoms. The third-order valence-corrected chi connectivity index (χ3v) is 4.11. The number of carbonyl (C=O) groups excluding carboxylic acids is 1. The summed E-state index contributed by atoms with van der Waals surface area (Å²) in [5.41, 5.74) is 6.04. The van der Waals surface area contributed by atoms with Crippen LogP contribution in [0.2, 0.25) is 0 Å². The van der Waals surface area contributed by atoms with Gasteiger partial charge in [0.1, 0.15) is 23.3 Å². The van der Waals surface area contributed by atoms with Crippen LogP contribution in [0.25, 0.3) is 5.69 Å². The first-order valence-corrected chi connectivity index (χ1v) is 8.18. The van der Waals surface area contributed by atoms with Crippen molar-refractivity contribution < 1.29 is 22.4 Å². The second-order valence-corrected chi connectivity index (χ2v) is 6.01. The number of nitriles is 1. The van der Waals surface area contributed by atoms with Crippen LogP contribution >= 0.6 is 0 Å². The van der Waals surface area contributed by atoms with Crippen LogP contribution in [0, 0.1) is 17.1 Å². The Morgan fingerprint density at radius 1 is 1.14 bits per heavy atom. The summed E-state index contributed by atoms with van der Waals surface area (Å²) in [6, 6.07) is 8.74. The van der Waals surface area contributed by atoms with Crippen LogP contribution in [-0.4, -0.2) is 21.9 Å². The van der Waals surface area contributed by atoms with Crippen molar-refractivity contribution in [2.45, 2.75) is 12.2 Å². The van der Waals surface area contributed by atoms with E-state index in [-0.39, 0.29) is 22.5 Å². The number of alkyl halides is 3. The molecule has 0 aliphatic rings. The summed E-state index contributed by atoms with van der Waals surface area (Å²) < 4.78 is 54.4. The zero-order valence-electron chi connectivity index (χ0n) is 14.6. The summed E-state index contributed by atoms with van der Waals surface area (Å²) in [5.74, 6) is -1.55. The van der Waals surface area contributed by atoms with E-state index in [1.54, 1.807) is 0 Å². The van der Waals surface area contributed by atoms with Gasteiger partial charge in [-0.1, -0.05) is 12.1 Å². The number of nitrogens with two attached hydrogens (primary N) is 1. The van der Waals surface area contributed by atoms with Gasteiger partial charge in [-0.15, -0.1) is 0 Å². The Kier molecular flexibility index (Phi) is 5.23. The molecule has 1 aromatic heterocycles. The minimum absolute atomic E-state index is 0.0312. The number of aromatic nitrogens is 2. The first kappa shape index (κ1) is 19.9. The minimum atomic E-state index is -4.77. The zero-order chi connectivity index (χ0) is 21.2. The fraction of sp³-hybridized carbons (Fsp3) is 0.105. The summed E-state index contributed by atoms with van der Waals surface area (Å²) in [4.78, 5) is 12.3. The van der Waals surface area contributed by atoms with Crippen molar-refractivity contribution >= 4 is 11.7 Å². The number of halogens is 4. The molecule has 29 heavy (non-hydrogen) atoms. The van der Waals surface area contributed by atoms with Crippen LogP contribution in [0.1, 0.15) is 27.5 Å². The summed E-state index contributed by atoms with van der Waals surface area (Å²) in [5, 5.41) is 14.8. The predicted molar refractivity (Wildman–Crippen MR) is 95.4 cm³/mol. The second kappa shape index (κ2) is 7.63. The molecule has 1 atom stereocenters. The predicted octanol–water partition coefficient (Wildman–Crippen LogP) is 3.50. The van der Waals surface area contributed by atoms with Gasteiger partial charge in [0.25, 0.3) is 5.91 Å². The lowest BCUT2D eigenvalue weighted by Crippen LogP contribution is -2.38. The maximum atomic E-state index is 13.4. The molecule has 1 unspecified atom stereocenters. The van der Waals surface area contributed by atoms with Crippen molar-refractivity contribution in [2.24, 2.45) is 0 Å². The molecule has 1 amide bonds. The zero-order valence-corrected chi connectivity index (χ0v) is 14.6. The van der Waals surface area contributed by atoms with E-state index in [2.05, 4.69) is 5.10 Å². The summed E-state index contributed by atoms with van der Waals surface area (Å²) >= 11 is 0. The number of amides is 1. The minimum Gasteiger partial charge on any atom is -0.382 e. The number of nitrogens with one attached hydrogen (secondary N) is 1. The van der Waals surface area contributed by atoms with Crippen molar-refractivity contribution in [3.8, 4) is 11.8 Å². The molecule has 0 bridgehead atoms. The molecule has 0 fully saturated rings. The van der Waals surface area contributed by atoms with Crippen LogP contribution in [0.5, 0.6) is 0 Å². The highest BCUT2D eigenvalue weighted by Gasteiger charge is 2.42. The Morgan fingerprint density at radius 3 is 2.28 bits per heavy atom. The van der Waals surface area contributed by atoms with E-state index in [1.807, 2.05) is 11.4 Å². The van der Waals surface area contributed by atoms with E-state index < -0.39 is 23.9 Å². The van der Waals surface area contributed by atoms with Crippen LogP contribution in [0.4, 0.5) is 23.4 Å². The second-order valence-electron chi connectivity index (χ2n) is 6.01. The molecule has 1 heterocycles. The smallest absolute Gasteiger partial charge is 0.382 e. The van der Waals surface area contributed by atoms with E-state index in [9.17, 15) is 22.4 Å². The number of nitrogens with zero attached hydrogens (tertiary/aromatic N) is 3. The third-order valence-electron chi connectivity index (χ3n) is 4.11. The highest BCUT2D eigenvalue weighted by atomic mass is 19.4. The third kappa shape index (κ3) is 4.19. The first-order chi connectivity index (χ1) is 13.7. The van der Waals surface area contributed by atoms with Gasteiger partial charge in [0, 0.05) is 5.56 Å². The fourth-order valence-corrected chi connectivity index (χ4v) is 2.63. The van der Waals surface area contributed by atoms with Gasteiger partial charge in [-0.05, 0) is 42.0 Å². The van der Waals surface area contributed by atoms with Crippen molar-refractivity contribution in [3.63, 3.8) is 0 Å². The highest BCUT2D eigenvalue weighted by molar-refractivity contribution is 5.94. The van der Waals surface area contributed by atoms with Gasteiger partial charge < -0.3 is 11.1 Å². The van der Waals surface area contributed by atoms with Crippen molar-refractivity contribution in [1.29, 1.82) is 5.26 Å². The molecule has 3 N–H and O–H groups in total. The fourth-order valence-electron chi connectivity index (χ4n) is 2.63.